The van der Waals surface area contributed by atoms with E-state index in [9.17, 15) is 4.79 Å². The van der Waals surface area contributed by atoms with Crippen LogP contribution in [0.5, 0.6) is 0 Å². The van der Waals surface area contributed by atoms with E-state index in [1.165, 1.54) is 0 Å². The molecule has 0 amide bonds. The van der Waals surface area contributed by atoms with E-state index in [0.29, 0.717) is 0 Å². The van der Waals surface area contributed by atoms with Crippen molar-refractivity contribution in [3.63, 3.8) is 0 Å². The molecule has 0 aromatic carbocycles. The third-order valence-corrected chi connectivity index (χ3v) is 1.84. The Balaban J connectivity index is 2.46. The van der Waals surface area contributed by atoms with Gasteiger partial charge in [0.15, 0.2) is 0 Å². The smallest absolute Gasteiger partial charge is 0.316 e. The Morgan fingerprint density at radius 1 is 1.64 bits per heavy atom. The molecule has 11 heavy (non-hydrogen) atoms. The zero-order chi connectivity index (χ0) is 7.84. The van der Waals surface area contributed by atoms with Crippen LogP contribution in [0.4, 0.5) is 0 Å². The maximum atomic E-state index is 10.6. The SMILES string of the molecule is O=C(O)C1C=Cn2cccc21. The standard InChI is InChI=1S/C8H7NO2/c10-8(11)6-3-5-9-4-1-2-7(6)9/h1-6H,(H,10,11). The number of fused-ring (bicyclic) bond motifs is 1. The summed E-state index contributed by atoms with van der Waals surface area (Å²) in [6, 6.07) is 3.66. The Kier molecular flexibility index (Phi) is 1.12. The molecule has 1 aromatic heterocycles. The van der Waals surface area contributed by atoms with Crippen LogP contribution < -0.4 is 0 Å². The minimum atomic E-state index is -0.793. The van der Waals surface area contributed by atoms with Crippen LogP contribution in [0.2, 0.25) is 0 Å². The van der Waals surface area contributed by atoms with Crippen LogP contribution in [0.3, 0.4) is 0 Å². The first-order chi connectivity index (χ1) is 5.29. The second kappa shape index (κ2) is 1.99. The molecular formula is C8H7NO2. The molecule has 56 valence electrons. The highest BCUT2D eigenvalue weighted by atomic mass is 16.4. The molecule has 0 fully saturated rings. The van der Waals surface area contributed by atoms with Crippen molar-refractivity contribution in [1.82, 2.24) is 4.57 Å². The Bertz CT molecular complexity index is 325. The van der Waals surface area contributed by atoms with E-state index in [1.807, 2.05) is 22.9 Å². The van der Waals surface area contributed by atoms with Crippen LogP contribution in [0.25, 0.3) is 6.20 Å². The molecular weight excluding hydrogens is 142 g/mol. The van der Waals surface area contributed by atoms with Gasteiger partial charge in [0.1, 0.15) is 5.92 Å². The number of nitrogens with zero attached hydrogens (tertiary/aromatic N) is 1. The normalized spacial score (nSPS) is 20.2. The van der Waals surface area contributed by atoms with E-state index in [0.717, 1.165) is 5.69 Å². The zero-order valence-corrected chi connectivity index (χ0v) is 5.77. The predicted octanol–water partition coefficient (Wildman–Crippen LogP) is 1.14. The largest absolute Gasteiger partial charge is 0.481 e. The summed E-state index contributed by atoms with van der Waals surface area (Å²) in [5, 5.41) is 8.71. The molecule has 1 aliphatic rings. The minimum Gasteiger partial charge on any atom is -0.481 e. The lowest BCUT2D eigenvalue weighted by molar-refractivity contribution is -0.137. The fraction of sp³-hybridized carbons (Fsp3) is 0.125. The van der Waals surface area contributed by atoms with Gasteiger partial charge in [-0.05, 0) is 18.2 Å². The lowest BCUT2D eigenvalue weighted by atomic mass is 10.1. The van der Waals surface area contributed by atoms with Gasteiger partial charge in [-0.2, -0.15) is 0 Å². The van der Waals surface area contributed by atoms with E-state index in [4.69, 9.17) is 5.11 Å². The Morgan fingerprint density at radius 3 is 3.18 bits per heavy atom. The first kappa shape index (κ1) is 6.22. The number of rotatable bonds is 1. The number of carbonyl (C=O) groups is 1. The second-order valence-electron chi connectivity index (χ2n) is 2.50. The summed E-state index contributed by atoms with van der Waals surface area (Å²) in [6.45, 7) is 0. The molecule has 0 aliphatic carbocycles. The molecule has 1 N–H and O–H groups in total. The number of hydrogen-bond donors (Lipinski definition) is 1. The van der Waals surface area contributed by atoms with Gasteiger partial charge in [0.2, 0.25) is 0 Å². The fourth-order valence-corrected chi connectivity index (χ4v) is 1.29. The van der Waals surface area contributed by atoms with Crippen LogP contribution >= 0.6 is 0 Å². The molecule has 1 aromatic rings. The van der Waals surface area contributed by atoms with Gasteiger partial charge in [-0.1, -0.05) is 0 Å². The van der Waals surface area contributed by atoms with Crippen molar-refractivity contribution in [2.24, 2.45) is 0 Å². The van der Waals surface area contributed by atoms with Crippen molar-refractivity contribution in [1.29, 1.82) is 0 Å². The molecule has 0 spiro atoms. The maximum Gasteiger partial charge on any atom is 0.316 e. The van der Waals surface area contributed by atoms with E-state index >= 15 is 0 Å². The topological polar surface area (TPSA) is 42.2 Å². The van der Waals surface area contributed by atoms with Crippen molar-refractivity contribution in [2.75, 3.05) is 0 Å². The highest BCUT2D eigenvalue weighted by Gasteiger charge is 2.22. The Hall–Kier alpha value is -1.51. The molecule has 1 atom stereocenters. The first-order valence-electron chi connectivity index (χ1n) is 3.37. The van der Waals surface area contributed by atoms with Gasteiger partial charge in [0, 0.05) is 18.1 Å². The number of carboxylic acids is 1. The van der Waals surface area contributed by atoms with Crippen LogP contribution in [-0.2, 0) is 4.79 Å². The highest BCUT2D eigenvalue weighted by molar-refractivity contribution is 5.80. The highest BCUT2D eigenvalue weighted by Crippen LogP contribution is 2.24. The molecule has 0 saturated carbocycles. The van der Waals surface area contributed by atoms with Crippen LogP contribution in [0, 0.1) is 0 Å². The lowest BCUT2D eigenvalue weighted by Crippen LogP contribution is -2.07. The van der Waals surface area contributed by atoms with Gasteiger partial charge in [0.05, 0.1) is 0 Å². The number of carboxylic acid groups (broad SMARTS) is 1. The molecule has 3 heteroatoms. The summed E-state index contributed by atoms with van der Waals surface area (Å²) >= 11 is 0. The molecule has 1 aliphatic heterocycles. The van der Waals surface area contributed by atoms with Crippen LogP contribution in [0.15, 0.2) is 24.4 Å². The predicted molar refractivity (Wildman–Crippen MR) is 40.1 cm³/mol. The summed E-state index contributed by atoms with van der Waals surface area (Å²) in [6.07, 6.45) is 5.29. The van der Waals surface area contributed by atoms with Gasteiger partial charge in [-0.25, -0.2) is 0 Å². The molecule has 2 rings (SSSR count). The van der Waals surface area contributed by atoms with E-state index in [-0.39, 0.29) is 0 Å². The molecule has 0 bridgehead atoms. The molecule has 3 nitrogen and oxygen atoms in total. The minimum absolute atomic E-state index is 0.454. The number of hydrogen-bond acceptors (Lipinski definition) is 1. The Morgan fingerprint density at radius 2 is 2.45 bits per heavy atom. The van der Waals surface area contributed by atoms with E-state index < -0.39 is 11.9 Å². The quantitative estimate of drug-likeness (QED) is 0.650. The maximum absolute atomic E-state index is 10.6. The third-order valence-electron chi connectivity index (χ3n) is 1.84. The van der Waals surface area contributed by atoms with Gasteiger partial charge in [-0.15, -0.1) is 0 Å². The van der Waals surface area contributed by atoms with Gasteiger partial charge >= 0.3 is 5.97 Å². The first-order valence-corrected chi connectivity index (χ1v) is 3.37. The molecule has 2 heterocycles. The van der Waals surface area contributed by atoms with Crippen LogP contribution in [-0.4, -0.2) is 15.6 Å². The van der Waals surface area contributed by atoms with Crippen LogP contribution in [0.1, 0.15) is 11.6 Å². The summed E-state index contributed by atoms with van der Waals surface area (Å²) < 4.78 is 1.82. The van der Waals surface area contributed by atoms with E-state index in [2.05, 4.69) is 0 Å². The monoisotopic (exact) mass is 149 g/mol. The Labute approximate surface area is 63.6 Å². The van der Waals surface area contributed by atoms with Gasteiger partial charge in [0.25, 0.3) is 0 Å². The number of aliphatic carboxylic acids is 1. The van der Waals surface area contributed by atoms with E-state index in [1.54, 1.807) is 12.3 Å². The van der Waals surface area contributed by atoms with Gasteiger partial charge < -0.3 is 9.67 Å². The zero-order valence-electron chi connectivity index (χ0n) is 5.77. The second-order valence-corrected chi connectivity index (χ2v) is 2.50. The summed E-state index contributed by atoms with van der Waals surface area (Å²) in [7, 11) is 0. The van der Waals surface area contributed by atoms with Crippen molar-refractivity contribution in [2.45, 2.75) is 5.92 Å². The van der Waals surface area contributed by atoms with Crippen molar-refractivity contribution in [3.8, 4) is 0 Å². The van der Waals surface area contributed by atoms with Crippen molar-refractivity contribution >= 4 is 12.2 Å². The summed E-state index contributed by atoms with van der Waals surface area (Å²) in [5.41, 5.74) is 0.831. The molecule has 1 unspecified atom stereocenters. The lowest BCUT2D eigenvalue weighted by Gasteiger charge is -2.00. The molecule has 0 radical (unpaired) electrons. The third kappa shape index (κ3) is 0.774. The fourth-order valence-electron chi connectivity index (χ4n) is 1.29. The number of aromatic nitrogens is 1. The summed E-state index contributed by atoms with van der Waals surface area (Å²) in [4.78, 5) is 10.6. The van der Waals surface area contributed by atoms with Crippen molar-refractivity contribution < 1.29 is 9.90 Å². The van der Waals surface area contributed by atoms with Gasteiger partial charge in [-0.3, -0.25) is 4.79 Å². The van der Waals surface area contributed by atoms with Crippen molar-refractivity contribution in [3.05, 3.63) is 30.1 Å². The average Bonchev–Trinajstić information content (AvgIpc) is 2.41. The summed E-state index contributed by atoms with van der Waals surface area (Å²) in [5.74, 6) is -1.25. The molecule has 0 saturated heterocycles. The average molecular weight is 149 g/mol.